The highest BCUT2D eigenvalue weighted by Crippen LogP contribution is 2.35. The summed E-state index contributed by atoms with van der Waals surface area (Å²) in [5.74, 6) is 2.76. The number of hydrogen-bond donors (Lipinski definition) is 1. The van der Waals surface area contributed by atoms with Crippen LogP contribution < -0.4 is 14.8 Å². The van der Waals surface area contributed by atoms with Gasteiger partial charge in [0.25, 0.3) is 0 Å². The second-order valence-corrected chi connectivity index (χ2v) is 5.70. The Labute approximate surface area is 133 Å². The molecular weight excluding hydrogens is 278 g/mol. The lowest BCUT2D eigenvalue weighted by Gasteiger charge is -2.17. The van der Waals surface area contributed by atoms with Gasteiger partial charge in [-0.2, -0.15) is 0 Å². The Bertz CT molecular complexity index is 541. The number of ether oxygens (including phenoxy) is 2. The van der Waals surface area contributed by atoms with Crippen LogP contribution in [0, 0.1) is 0 Å². The van der Waals surface area contributed by atoms with Crippen molar-refractivity contribution in [1.29, 1.82) is 0 Å². The Morgan fingerprint density at radius 2 is 2.18 bits per heavy atom. The smallest absolute Gasteiger partial charge is 0.193 e. The second kappa shape index (κ2) is 7.38. The molecular formula is C17H27N3O2. The zero-order chi connectivity index (χ0) is 16.1. The van der Waals surface area contributed by atoms with Gasteiger partial charge in [0.1, 0.15) is 17.6 Å². The molecule has 0 saturated heterocycles. The summed E-state index contributed by atoms with van der Waals surface area (Å²) in [5.41, 5.74) is 2.29. The third kappa shape index (κ3) is 3.84. The van der Waals surface area contributed by atoms with Crippen molar-refractivity contribution < 1.29 is 9.47 Å². The average molecular weight is 305 g/mol. The van der Waals surface area contributed by atoms with Crippen LogP contribution in [-0.4, -0.2) is 44.2 Å². The summed E-state index contributed by atoms with van der Waals surface area (Å²) in [4.78, 5) is 6.65. The molecule has 2 rings (SSSR count). The lowest BCUT2D eigenvalue weighted by atomic mass is 10.1. The van der Waals surface area contributed by atoms with Crippen molar-refractivity contribution in [2.75, 3.05) is 27.2 Å². The summed E-state index contributed by atoms with van der Waals surface area (Å²) in [6.07, 6.45) is 1.18. The minimum absolute atomic E-state index is 0.238. The summed E-state index contributed by atoms with van der Waals surface area (Å²) < 4.78 is 11.6. The second-order valence-electron chi connectivity index (χ2n) is 5.70. The van der Waals surface area contributed by atoms with E-state index in [1.807, 2.05) is 25.9 Å². The average Bonchev–Trinajstić information content (AvgIpc) is 2.82. The molecule has 1 heterocycles. The normalized spacial score (nSPS) is 17.0. The van der Waals surface area contributed by atoms with E-state index >= 15 is 0 Å². The van der Waals surface area contributed by atoms with Crippen LogP contribution >= 0.6 is 0 Å². The summed E-state index contributed by atoms with van der Waals surface area (Å²) in [7, 11) is 3.97. The highest BCUT2D eigenvalue weighted by atomic mass is 16.5. The molecule has 1 aromatic carbocycles. The van der Waals surface area contributed by atoms with Gasteiger partial charge in [0.2, 0.25) is 0 Å². The van der Waals surface area contributed by atoms with Gasteiger partial charge in [0.05, 0.1) is 13.2 Å². The van der Waals surface area contributed by atoms with Gasteiger partial charge >= 0.3 is 0 Å². The quantitative estimate of drug-likeness (QED) is 0.670. The molecule has 0 aromatic heterocycles. The van der Waals surface area contributed by atoms with Gasteiger partial charge in [0.15, 0.2) is 5.96 Å². The van der Waals surface area contributed by atoms with Crippen LogP contribution in [0.4, 0.5) is 0 Å². The SMILES string of the molecule is CCNC(=NCc1cc2c(cc1OCC)CC(C)O2)N(C)C. The fraction of sp³-hybridized carbons (Fsp3) is 0.588. The summed E-state index contributed by atoms with van der Waals surface area (Å²) in [6, 6.07) is 4.18. The van der Waals surface area contributed by atoms with E-state index in [2.05, 4.69) is 36.3 Å². The van der Waals surface area contributed by atoms with E-state index in [4.69, 9.17) is 9.47 Å². The van der Waals surface area contributed by atoms with Crippen molar-refractivity contribution in [3.63, 3.8) is 0 Å². The molecule has 0 spiro atoms. The molecule has 1 atom stereocenters. The molecule has 0 saturated carbocycles. The number of nitrogens with zero attached hydrogens (tertiary/aromatic N) is 2. The number of rotatable bonds is 5. The van der Waals surface area contributed by atoms with Crippen LogP contribution in [0.2, 0.25) is 0 Å². The van der Waals surface area contributed by atoms with Gasteiger partial charge < -0.3 is 19.7 Å². The van der Waals surface area contributed by atoms with Crippen LogP contribution in [0.5, 0.6) is 11.5 Å². The Balaban J connectivity index is 2.25. The molecule has 122 valence electrons. The standard InChI is InChI=1S/C17H27N3O2/c1-6-18-17(20(4)5)19-11-14-10-16-13(8-12(3)22-16)9-15(14)21-7-2/h9-10,12H,6-8,11H2,1-5H3,(H,18,19). The lowest BCUT2D eigenvalue weighted by Crippen LogP contribution is -2.36. The minimum Gasteiger partial charge on any atom is -0.494 e. The van der Waals surface area contributed by atoms with Crippen LogP contribution in [0.15, 0.2) is 17.1 Å². The Hall–Kier alpha value is -1.91. The van der Waals surface area contributed by atoms with Crippen molar-refractivity contribution >= 4 is 5.96 Å². The number of benzene rings is 1. The lowest BCUT2D eigenvalue weighted by molar-refractivity contribution is 0.254. The maximum absolute atomic E-state index is 5.85. The maximum Gasteiger partial charge on any atom is 0.193 e. The predicted octanol–water partition coefficient (Wildman–Crippen LogP) is 2.44. The fourth-order valence-electron chi connectivity index (χ4n) is 2.57. The molecule has 5 heteroatoms. The van der Waals surface area contributed by atoms with Crippen molar-refractivity contribution in [1.82, 2.24) is 10.2 Å². The molecule has 1 aliphatic heterocycles. The van der Waals surface area contributed by atoms with Crippen LogP contribution in [0.25, 0.3) is 0 Å². The van der Waals surface area contributed by atoms with Gasteiger partial charge in [0, 0.05) is 38.2 Å². The summed E-state index contributed by atoms with van der Waals surface area (Å²) in [5, 5.41) is 3.27. The van der Waals surface area contributed by atoms with E-state index in [-0.39, 0.29) is 6.10 Å². The summed E-state index contributed by atoms with van der Waals surface area (Å²) in [6.45, 7) is 8.23. The monoisotopic (exact) mass is 305 g/mol. The van der Waals surface area contributed by atoms with E-state index in [0.717, 1.165) is 36.0 Å². The molecule has 0 fully saturated rings. The molecule has 1 unspecified atom stereocenters. The van der Waals surface area contributed by atoms with Crippen LogP contribution in [-0.2, 0) is 13.0 Å². The van der Waals surface area contributed by atoms with E-state index in [0.29, 0.717) is 13.2 Å². The first-order valence-corrected chi connectivity index (χ1v) is 7.96. The predicted molar refractivity (Wildman–Crippen MR) is 89.9 cm³/mol. The van der Waals surface area contributed by atoms with Crippen molar-refractivity contribution in [2.24, 2.45) is 4.99 Å². The van der Waals surface area contributed by atoms with Crippen molar-refractivity contribution in [2.45, 2.75) is 39.8 Å². The molecule has 1 N–H and O–H groups in total. The third-order valence-corrected chi connectivity index (χ3v) is 3.54. The van der Waals surface area contributed by atoms with Gasteiger partial charge in [-0.15, -0.1) is 0 Å². The van der Waals surface area contributed by atoms with E-state index in [1.165, 1.54) is 5.56 Å². The number of nitrogens with one attached hydrogen (secondary N) is 1. The zero-order valence-corrected chi connectivity index (χ0v) is 14.3. The molecule has 0 bridgehead atoms. The fourth-order valence-corrected chi connectivity index (χ4v) is 2.57. The number of hydrogen-bond acceptors (Lipinski definition) is 3. The topological polar surface area (TPSA) is 46.1 Å². The van der Waals surface area contributed by atoms with Gasteiger partial charge in [-0.1, -0.05) is 0 Å². The van der Waals surface area contributed by atoms with Crippen LogP contribution in [0.3, 0.4) is 0 Å². The first kappa shape index (κ1) is 16.5. The molecule has 0 amide bonds. The van der Waals surface area contributed by atoms with E-state index in [1.54, 1.807) is 0 Å². The highest BCUT2D eigenvalue weighted by molar-refractivity contribution is 5.79. The summed E-state index contributed by atoms with van der Waals surface area (Å²) >= 11 is 0. The zero-order valence-electron chi connectivity index (χ0n) is 14.3. The maximum atomic E-state index is 5.85. The Kier molecular flexibility index (Phi) is 5.52. The molecule has 5 nitrogen and oxygen atoms in total. The number of aliphatic imine (C=N–C) groups is 1. The van der Waals surface area contributed by atoms with Crippen LogP contribution in [0.1, 0.15) is 31.9 Å². The number of fused-ring (bicyclic) bond motifs is 1. The third-order valence-electron chi connectivity index (χ3n) is 3.54. The van der Waals surface area contributed by atoms with Crippen molar-refractivity contribution in [3.05, 3.63) is 23.3 Å². The van der Waals surface area contributed by atoms with Gasteiger partial charge in [-0.3, -0.25) is 0 Å². The minimum atomic E-state index is 0.238. The molecule has 1 aliphatic rings. The highest BCUT2D eigenvalue weighted by Gasteiger charge is 2.21. The van der Waals surface area contributed by atoms with Gasteiger partial charge in [-0.25, -0.2) is 4.99 Å². The Morgan fingerprint density at radius 3 is 2.82 bits per heavy atom. The molecule has 0 aliphatic carbocycles. The largest absolute Gasteiger partial charge is 0.494 e. The first-order valence-electron chi connectivity index (χ1n) is 7.96. The van der Waals surface area contributed by atoms with E-state index in [9.17, 15) is 0 Å². The molecule has 1 aromatic rings. The van der Waals surface area contributed by atoms with Crippen molar-refractivity contribution in [3.8, 4) is 11.5 Å². The van der Waals surface area contributed by atoms with Gasteiger partial charge in [-0.05, 0) is 32.9 Å². The number of guanidine groups is 1. The first-order chi connectivity index (χ1) is 10.5. The molecule has 22 heavy (non-hydrogen) atoms. The molecule has 0 radical (unpaired) electrons. The van der Waals surface area contributed by atoms with E-state index < -0.39 is 0 Å². The Morgan fingerprint density at radius 1 is 1.41 bits per heavy atom.